The van der Waals surface area contributed by atoms with E-state index in [9.17, 15) is 13.6 Å². The van der Waals surface area contributed by atoms with E-state index in [1.165, 1.54) is 6.21 Å². The molecule has 6 heteroatoms. The molecule has 0 aliphatic carbocycles. The molecule has 0 aliphatic rings. The van der Waals surface area contributed by atoms with Gasteiger partial charge in [0.1, 0.15) is 0 Å². The van der Waals surface area contributed by atoms with Crippen molar-refractivity contribution in [2.75, 3.05) is 0 Å². The van der Waals surface area contributed by atoms with Crippen LogP contribution in [-0.4, -0.2) is 28.9 Å². The lowest BCUT2D eigenvalue weighted by atomic mass is 10.1. The van der Waals surface area contributed by atoms with Crippen molar-refractivity contribution in [3.8, 4) is 0 Å². The summed E-state index contributed by atoms with van der Waals surface area (Å²) in [5, 5.41) is 8.42. The van der Waals surface area contributed by atoms with E-state index in [1.54, 1.807) is 0 Å². The highest BCUT2D eigenvalue weighted by Gasteiger charge is 2.37. The first kappa shape index (κ1) is 20.4. The van der Waals surface area contributed by atoms with Crippen molar-refractivity contribution in [1.29, 1.82) is 0 Å². The molecule has 0 amide bonds. The number of aliphatic carboxylic acids is 1. The summed E-state index contributed by atoms with van der Waals surface area (Å²) in [7, 11) is 0. The fraction of sp³-hybridized carbons (Fsp3) is 0.286. The maximum absolute atomic E-state index is 13.1. The molecular formula is C21H22F2N2O2. The predicted molar refractivity (Wildman–Crippen MR) is 104 cm³/mol. The molecule has 0 saturated carbocycles. The Morgan fingerprint density at radius 2 is 1.85 bits per heavy atom. The number of halogens is 2. The number of carboxylic acids is 1. The van der Waals surface area contributed by atoms with Gasteiger partial charge in [0.25, 0.3) is 0 Å². The Morgan fingerprint density at radius 1 is 1.15 bits per heavy atom. The third-order valence-corrected chi connectivity index (χ3v) is 3.98. The number of carbonyl (C=O) groups is 1. The molecule has 2 aromatic carbocycles. The third kappa shape index (κ3) is 6.09. The molecule has 0 heterocycles. The lowest BCUT2D eigenvalue weighted by Gasteiger charge is -2.09. The molecule has 0 saturated heterocycles. The van der Waals surface area contributed by atoms with Crippen molar-refractivity contribution >= 4 is 29.3 Å². The molecule has 4 nitrogen and oxygen atoms in total. The summed E-state index contributed by atoms with van der Waals surface area (Å²) in [6.07, 6.45) is 1.12. The van der Waals surface area contributed by atoms with Crippen molar-refractivity contribution in [2.45, 2.75) is 39.0 Å². The number of aryl methyl sites for hydroxylation is 1. The molecule has 0 fully saturated rings. The second-order valence-corrected chi connectivity index (χ2v) is 6.27. The number of carboxylic acid groups (broad SMARTS) is 1. The van der Waals surface area contributed by atoms with Crippen LogP contribution < -0.4 is 0 Å². The van der Waals surface area contributed by atoms with Crippen LogP contribution in [0, 0.1) is 6.92 Å². The summed E-state index contributed by atoms with van der Waals surface area (Å²) in [6, 6.07) is 15.4. The topological polar surface area (TPSA) is 62.0 Å². The summed E-state index contributed by atoms with van der Waals surface area (Å²) in [4.78, 5) is 19.4. The number of aliphatic imine (C=N–C) groups is 2. The van der Waals surface area contributed by atoms with Gasteiger partial charge in [-0.05, 0) is 49.9 Å². The molecule has 27 heavy (non-hydrogen) atoms. The highest BCUT2D eigenvalue weighted by Crippen LogP contribution is 2.30. The van der Waals surface area contributed by atoms with Crippen molar-refractivity contribution in [3.05, 3.63) is 59.7 Å². The minimum absolute atomic E-state index is 0.0380. The van der Waals surface area contributed by atoms with Crippen LogP contribution in [0.4, 0.5) is 20.2 Å². The fourth-order valence-electron chi connectivity index (χ4n) is 2.44. The number of hydrogen-bond donors (Lipinski definition) is 1. The normalized spacial score (nSPS) is 12.5. The fourth-order valence-corrected chi connectivity index (χ4v) is 2.44. The minimum Gasteiger partial charge on any atom is -0.477 e. The average molecular weight is 372 g/mol. The van der Waals surface area contributed by atoms with Crippen LogP contribution in [0.5, 0.6) is 0 Å². The molecule has 142 valence electrons. The Kier molecular flexibility index (Phi) is 6.93. The lowest BCUT2D eigenvalue weighted by Crippen LogP contribution is -2.27. The standard InChI is InChI=1S/C21H22F2N2O2/c1-15-10-11-18(25-16(2)17-8-4-3-5-9-17)19(14-15)24-13-7-6-12-21(22,23)20(26)27/h3-5,8-11,13-14H,6-7,12H2,1-2H3,(H,26,27)/b24-13+,25-16+. The van der Waals surface area contributed by atoms with Gasteiger partial charge >= 0.3 is 11.9 Å². The molecule has 0 atom stereocenters. The minimum atomic E-state index is -3.70. The van der Waals surface area contributed by atoms with Crippen molar-refractivity contribution < 1.29 is 18.7 Å². The van der Waals surface area contributed by atoms with Gasteiger partial charge in [0.15, 0.2) is 0 Å². The maximum Gasteiger partial charge on any atom is 0.374 e. The second kappa shape index (κ2) is 9.16. The first-order valence-electron chi connectivity index (χ1n) is 8.65. The van der Waals surface area contributed by atoms with Gasteiger partial charge in [0.05, 0.1) is 11.4 Å². The van der Waals surface area contributed by atoms with Gasteiger partial charge in [-0.3, -0.25) is 9.98 Å². The van der Waals surface area contributed by atoms with E-state index in [0.29, 0.717) is 11.4 Å². The Labute approximate surface area is 157 Å². The SMILES string of the molecule is C/C(=N\c1ccc(C)cc1/N=C/CCCC(F)(F)C(=O)O)c1ccccc1. The first-order chi connectivity index (χ1) is 12.8. The molecule has 0 radical (unpaired) electrons. The van der Waals surface area contributed by atoms with Crippen molar-refractivity contribution in [1.82, 2.24) is 0 Å². The van der Waals surface area contributed by atoms with Crippen molar-refractivity contribution in [3.63, 3.8) is 0 Å². The van der Waals surface area contributed by atoms with E-state index in [1.807, 2.05) is 62.4 Å². The zero-order chi connectivity index (χ0) is 19.9. The quantitative estimate of drug-likeness (QED) is 0.475. The van der Waals surface area contributed by atoms with E-state index >= 15 is 0 Å². The number of alkyl halides is 2. The highest BCUT2D eigenvalue weighted by molar-refractivity contribution is 6.00. The third-order valence-electron chi connectivity index (χ3n) is 3.98. The molecule has 0 unspecified atom stereocenters. The number of nitrogens with zero attached hydrogens (tertiary/aromatic N) is 2. The smallest absolute Gasteiger partial charge is 0.374 e. The lowest BCUT2D eigenvalue weighted by molar-refractivity contribution is -0.165. The van der Waals surface area contributed by atoms with Gasteiger partial charge < -0.3 is 5.11 Å². The van der Waals surface area contributed by atoms with E-state index in [2.05, 4.69) is 9.98 Å². The molecule has 1 N–H and O–H groups in total. The van der Waals surface area contributed by atoms with Gasteiger partial charge in [-0.25, -0.2) is 4.79 Å². The van der Waals surface area contributed by atoms with Crippen LogP contribution in [-0.2, 0) is 4.79 Å². The molecule has 0 bridgehead atoms. The second-order valence-electron chi connectivity index (χ2n) is 6.27. The summed E-state index contributed by atoms with van der Waals surface area (Å²) in [5.41, 5.74) is 4.20. The maximum atomic E-state index is 13.1. The summed E-state index contributed by atoms with van der Waals surface area (Å²) in [6.45, 7) is 3.85. The average Bonchev–Trinajstić information content (AvgIpc) is 2.64. The molecule has 2 aromatic rings. The summed E-state index contributed by atoms with van der Waals surface area (Å²) in [5.74, 6) is -5.79. The number of unbranched alkanes of at least 4 members (excludes halogenated alkanes) is 1. The van der Waals surface area contributed by atoms with Gasteiger partial charge in [0.2, 0.25) is 0 Å². The van der Waals surface area contributed by atoms with Gasteiger partial charge in [-0.2, -0.15) is 8.78 Å². The van der Waals surface area contributed by atoms with Crippen LogP contribution in [0.3, 0.4) is 0 Å². The van der Waals surface area contributed by atoms with E-state index in [0.717, 1.165) is 16.8 Å². The number of benzene rings is 2. The van der Waals surface area contributed by atoms with Crippen LogP contribution in [0.15, 0.2) is 58.5 Å². The molecule has 0 aromatic heterocycles. The molecule has 2 rings (SSSR count). The van der Waals surface area contributed by atoms with Crippen molar-refractivity contribution in [2.24, 2.45) is 9.98 Å². The van der Waals surface area contributed by atoms with E-state index in [-0.39, 0.29) is 12.8 Å². The Hall–Kier alpha value is -2.89. The first-order valence-corrected chi connectivity index (χ1v) is 8.65. The van der Waals surface area contributed by atoms with Crippen LogP contribution in [0.2, 0.25) is 0 Å². The molecular weight excluding hydrogens is 350 g/mol. The van der Waals surface area contributed by atoms with Crippen LogP contribution in [0.1, 0.15) is 37.3 Å². The Bertz CT molecular complexity index is 847. The number of rotatable bonds is 8. The van der Waals surface area contributed by atoms with Gasteiger partial charge in [-0.15, -0.1) is 0 Å². The predicted octanol–water partition coefficient (Wildman–Crippen LogP) is 5.73. The highest BCUT2D eigenvalue weighted by atomic mass is 19.3. The van der Waals surface area contributed by atoms with Crippen LogP contribution in [0.25, 0.3) is 0 Å². The summed E-state index contributed by atoms with van der Waals surface area (Å²) < 4.78 is 26.1. The largest absolute Gasteiger partial charge is 0.477 e. The zero-order valence-corrected chi connectivity index (χ0v) is 15.3. The molecule has 0 spiro atoms. The van der Waals surface area contributed by atoms with E-state index < -0.39 is 18.3 Å². The molecule has 0 aliphatic heterocycles. The van der Waals surface area contributed by atoms with Crippen LogP contribution >= 0.6 is 0 Å². The van der Waals surface area contributed by atoms with Gasteiger partial charge in [-0.1, -0.05) is 36.4 Å². The van der Waals surface area contributed by atoms with E-state index in [4.69, 9.17) is 5.11 Å². The Morgan fingerprint density at radius 3 is 2.52 bits per heavy atom. The monoisotopic (exact) mass is 372 g/mol. The van der Waals surface area contributed by atoms with Gasteiger partial charge in [0, 0.05) is 18.3 Å². The zero-order valence-electron chi connectivity index (χ0n) is 15.3. The number of hydrogen-bond acceptors (Lipinski definition) is 3. The Balaban J connectivity index is 2.11. The summed E-state index contributed by atoms with van der Waals surface area (Å²) >= 11 is 0.